The van der Waals surface area contributed by atoms with Gasteiger partial charge in [-0.2, -0.15) is 23.5 Å². The molecular weight excluding hydrogens is 691 g/mol. The molecule has 0 fully saturated rings. The van der Waals surface area contributed by atoms with Crippen LogP contribution in [0, 0.1) is 0 Å². The minimum Gasteiger partial charge on any atom is -0.479 e. The average Bonchev–Trinajstić information content (AvgIpc) is 3.03. The van der Waals surface area contributed by atoms with Gasteiger partial charge in [0.1, 0.15) is 18.3 Å². The van der Waals surface area contributed by atoms with Crippen LogP contribution in [0.4, 0.5) is 11.4 Å². The Morgan fingerprint density at radius 1 is 0.688 bits per heavy atom. The maximum atomic E-state index is 10.1. The van der Waals surface area contributed by atoms with Crippen LogP contribution in [-0.4, -0.2) is 105 Å². The Morgan fingerprint density at radius 3 is 1.40 bits per heavy atom. The largest absolute Gasteiger partial charge is 0.479 e. The Labute approximate surface area is 294 Å². The zero-order valence-corrected chi connectivity index (χ0v) is 28.3. The van der Waals surface area contributed by atoms with E-state index in [1.807, 2.05) is 0 Å². The van der Waals surface area contributed by atoms with Crippen molar-refractivity contribution in [2.45, 2.75) is 50.1 Å². The predicted molar refractivity (Wildman–Crippen MR) is 194 cm³/mol. The van der Waals surface area contributed by atoms with Crippen LogP contribution in [0.25, 0.3) is 0 Å². The number of guanidine groups is 4. The van der Waals surface area contributed by atoms with Crippen molar-refractivity contribution in [1.82, 2.24) is 0 Å². The molecule has 268 valence electrons. The zero-order chi connectivity index (χ0) is 35.4. The number of aliphatic hydroxyl groups is 5. The topological polar surface area (TPSA) is 316 Å². The van der Waals surface area contributed by atoms with Crippen LogP contribution in [0.15, 0.2) is 68.5 Å². The molecule has 0 aliphatic heterocycles. The summed E-state index contributed by atoms with van der Waals surface area (Å²) in [6, 6.07) is 14.1. The van der Waals surface area contributed by atoms with E-state index < -0.39 is 37.0 Å². The van der Waals surface area contributed by atoms with Gasteiger partial charge in [0, 0.05) is 34.5 Å². The average molecular weight is 736 g/mol. The SMILES string of the molecule is NC(=NCCCCCCN=C(N)/N=C(\N)Nc1ccc(Cl)cc1)/N=C(\N)Nc1ccc(Cl)cc1.O=C(O)[C@H](O)[C@@H](O)[C@H](O)[C@H](O)CO.S. The number of aliphatic hydroxyl groups excluding tert-OH is 5. The van der Waals surface area contributed by atoms with Gasteiger partial charge >= 0.3 is 5.97 Å². The van der Waals surface area contributed by atoms with Gasteiger partial charge in [0.15, 0.2) is 6.10 Å². The first-order valence-electron chi connectivity index (χ1n) is 14.1. The first kappa shape index (κ1) is 44.1. The highest BCUT2D eigenvalue weighted by Gasteiger charge is 2.33. The number of anilines is 2. The summed E-state index contributed by atoms with van der Waals surface area (Å²) < 4.78 is 0. The molecule has 2 aromatic rings. The molecule has 20 heteroatoms. The molecule has 4 atom stereocenters. The summed E-state index contributed by atoms with van der Waals surface area (Å²) in [5.41, 5.74) is 24.8. The summed E-state index contributed by atoms with van der Waals surface area (Å²) in [5.74, 6) is -1.16. The third-order valence-electron chi connectivity index (χ3n) is 5.82. The molecule has 48 heavy (non-hydrogen) atoms. The molecule has 2 rings (SSSR count). The third-order valence-corrected chi connectivity index (χ3v) is 6.33. The fourth-order valence-electron chi connectivity index (χ4n) is 3.37. The monoisotopic (exact) mass is 734 g/mol. The number of benzene rings is 2. The van der Waals surface area contributed by atoms with Crippen LogP contribution >= 0.6 is 36.7 Å². The predicted octanol–water partition coefficient (Wildman–Crippen LogP) is -0.0437. The molecule has 0 radical (unpaired) electrons. The van der Waals surface area contributed by atoms with Crippen LogP contribution < -0.4 is 33.6 Å². The minimum absolute atomic E-state index is 0. The first-order valence-corrected chi connectivity index (χ1v) is 14.9. The number of hydrogen-bond donors (Lipinski definition) is 12. The van der Waals surface area contributed by atoms with Gasteiger partial charge in [-0.1, -0.05) is 36.0 Å². The molecule has 0 unspecified atom stereocenters. The molecule has 0 aromatic heterocycles. The zero-order valence-electron chi connectivity index (χ0n) is 25.8. The van der Waals surface area contributed by atoms with Crippen LogP contribution in [-0.2, 0) is 4.79 Å². The van der Waals surface area contributed by atoms with Gasteiger partial charge in [-0.25, -0.2) is 4.79 Å². The quantitative estimate of drug-likeness (QED) is 0.0689. The Morgan fingerprint density at radius 2 is 1.06 bits per heavy atom. The number of unbranched alkanes of at least 4 members (excludes halogenated alkanes) is 3. The highest BCUT2D eigenvalue weighted by atomic mass is 35.5. The Bertz CT molecular complexity index is 1270. The molecule has 0 aliphatic carbocycles. The lowest BCUT2D eigenvalue weighted by atomic mass is 10.0. The van der Waals surface area contributed by atoms with E-state index in [9.17, 15) is 4.79 Å². The fraction of sp³-hybridized carbons (Fsp3) is 0.393. The van der Waals surface area contributed by atoms with Crippen molar-refractivity contribution < 1.29 is 35.4 Å². The summed E-state index contributed by atoms with van der Waals surface area (Å²) in [4.78, 5) is 26.6. The number of nitrogens with two attached hydrogens (primary N) is 4. The summed E-state index contributed by atoms with van der Waals surface area (Å²) >= 11 is 11.7. The van der Waals surface area contributed by atoms with E-state index in [-0.39, 0.29) is 37.3 Å². The maximum Gasteiger partial charge on any atom is 0.335 e. The number of carbonyl (C=O) groups is 1. The molecular formula is C28H44Cl2N10O7S. The van der Waals surface area contributed by atoms with Gasteiger partial charge in [-0.05, 0) is 61.4 Å². The minimum atomic E-state index is -2.20. The van der Waals surface area contributed by atoms with E-state index in [1.54, 1.807) is 48.5 Å². The maximum absolute atomic E-state index is 10.1. The number of rotatable bonds is 14. The number of carboxylic acids is 1. The van der Waals surface area contributed by atoms with Gasteiger partial charge in [-0.3, -0.25) is 9.98 Å². The molecule has 0 aliphatic rings. The van der Waals surface area contributed by atoms with Gasteiger partial charge in [0.2, 0.25) is 23.8 Å². The van der Waals surface area contributed by atoms with Crippen LogP contribution in [0.3, 0.4) is 0 Å². The van der Waals surface area contributed by atoms with Crippen molar-refractivity contribution in [2.24, 2.45) is 42.9 Å². The molecule has 2 aromatic carbocycles. The second-order valence-electron chi connectivity index (χ2n) is 9.67. The number of nitrogens with zero attached hydrogens (tertiary/aromatic N) is 4. The normalized spacial score (nSPS) is 14.8. The van der Waals surface area contributed by atoms with Crippen molar-refractivity contribution >= 4 is 77.9 Å². The van der Waals surface area contributed by atoms with E-state index >= 15 is 0 Å². The van der Waals surface area contributed by atoms with E-state index in [0.717, 1.165) is 37.1 Å². The van der Waals surface area contributed by atoms with Gasteiger partial charge in [0.25, 0.3) is 0 Å². The summed E-state index contributed by atoms with van der Waals surface area (Å²) in [6.07, 6.45) is -4.15. The smallest absolute Gasteiger partial charge is 0.335 e. The molecule has 0 bridgehead atoms. The highest BCUT2D eigenvalue weighted by Crippen LogP contribution is 2.14. The highest BCUT2D eigenvalue weighted by molar-refractivity contribution is 7.59. The van der Waals surface area contributed by atoms with Crippen molar-refractivity contribution in [1.29, 1.82) is 0 Å². The molecule has 0 saturated carbocycles. The number of aliphatic imine (C=N–C) groups is 4. The number of carboxylic acid groups (broad SMARTS) is 1. The van der Waals surface area contributed by atoms with Crippen molar-refractivity contribution in [3.8, 4) is 0 Å². The number of nitrogens with one attached hydrogen (secondary N) is 2. The molecule has 17 nitrogen and oxygen atoms in total. The summed E-state index contributed by atoms with van der Waals surface area (Å²) in [7, 11) is 0. The lowest BCUT2D eigenvalue weighted by molar-refractivity contribution is -0.164. The molecule has 0 spiro atoms. The number of aliphatic carboxylic acids is 1. The van der Waals surface area contributed by atoms with Crippen LogP contribution in [0.1, 0.15) is 25.7 Å². The Hall–Kier alpha value is -3.88. The van der Waals surface area contributed by atoms with E-state index in [4.69, 9.17) is 76.8 Å². The Balaban J connectivity index is 0.00000134. The molecule has 16 N–H and O–H groups in total. The van der Waals surface area contributed by atoms with Gasteiger partial charge in [0.05, 0.1) is 6.61 Å². The third kappa shape index (κ3) is 19.1. The molecule has 0 amide bonds. The molecule has 0 saturated heterocycles. The summed E-state index contributed by atoms with van der Waals surface area (Å²) in [6.45, 7) is 0.281. The number of hydrogen-bond acceptors (Lipinski definition) is 8. The van der Waals surface area contributed by atoms with Crippen LogP contribution in [0.2, 0.25) is 10.0 Å². The van der Waals surface area contributed by atoms with E-state index in [1.165, 1.54) is 0 Å². The van der Waals surface area contributed by atoms with Gasteiger partial charge < -0.3 is 64.2 Å². The standard InChI is InChI=1S/C22H30Cl2N10.C6H12O7.H2S/c23-15-5-9-17(10-6-15)31-21(27)33-19(25)29-13-3-1-2-4-14-30-20(26)34-22(28)32-18-11-7-16(24)8-12-18;7-1-2(8)3(9)4(10)5(11)6(12)13;/h5-12H,1-4,13-14H2,(H5,25,27,29,31,33)(H5,26,28,30,32,34);2-5,7-11H,1H2,(H,12,13);1H2/t;2-,3-,4+,5-;/m.1./s1. The van der Waals surface area contributed by atoms with E-state index in [0.29, 0.717) is 23.1 Å². The molecule has 0 heterocycles. The van der Waals surface area contributed by atoms with Crippen molar-refractivity contribution in [3.63, 3.8) is 0 Å². The second kappa shape index (κ2) is 24.3. The van der Waals surface area contributed by atoms with Crippen LogP contribution in [0.5, 0.6) is 0 Å². The van der Waals surface area contributed by atoms with Crippen molar-refractivity contribution in [3.05, 3.63) is 58.6 Å². The fourth-order valence-corrected chi connectivity index (χ4v) is 3.62. The first-order chi connectivity index (χ1) is 22.2. The van der Waals surface area contributed by atoms with Gasteiger partial charge in [-0.15, -0.1) is 0 Å². The van der Waals surface area contributed by atoms with E-state index in [2.05, 4.69) is 30.6 Å². The number of halogens is 2. The Kier molecular flexibility index (Phi) is 22.3. The lowest BCUT2D eigenvalue weighted by Crippen LogP contribution is -2.48. The summed E-state index contributed by atoms with van der Waals surface area (Å²) in [5, 5.41) is 58.9. The van der Waals surface area contributed by atoms with Crippen molar-refractivity contribution in [2.75, 3.05) is 30.3 Å². The second-order valence-corrected chi connectivity index (χ2v) is 10.5. The lowest BCUT2D eigenvalue weighted by Gasteiger charge is -2.23.